The highest BCUT2D eigenvalue weighted by atomic mass is 32.1. The molecule has 3 aromatic heterocycles. The lowest BCUT2D eigenvalue weighted by Crippen LogP contribution is -2.23. The third-order valence-electron chi connectivity index (χ3n) is 2.95. The molecule has 0 bridgehead atoms. The van der Waals surface area contributed by atoms with Gasteiger partial charge >= 0.3 is 0 Å². The Morgan fingerprint density at radius 3 is 2.90 bits per heavy atom. The molecule has 5 heteroatoms. The van der Waals surface area contributed by atoms with E-state index < -0.39 is 0 Å². The Kier molecular flexibility index (Phi) is 4.02. The molecule has 0 fully saturated rings. The van der Waals surface area contributed by atoms with Crippen LogP contribution in [0.25, 0.3) is 10.4 Å². The van der Waals surface area contributed by atoms with Crippen molar-refractivity contribution in [1.29, 1.82) is 0 Å². The van der Waals surface area contributed by atoms with Gasteiger partial charge in [0.25, 0.3) is 5.91 Å². The van der Waals surface area contributed by atoms with Crippen LogP contribution in [0.3, 0.4) is 0 Å². The number of hydrogen-bond acceptors (Lipinski definition) is 4. The molecule has 0 aromatic carbocycles. The second-order valence-corrected chi connectivity index (χ2v) is 5.40. The zero-order valence-electron chi connectivity index (χ0n) is 11.2. The number of amides is 1. The van der Waals surface area contributed by atoms with E-state index in [9.17, 15) is 4.79 Å². The summed E-state index contributed by atoms with van der Waals surface area (Å²) in [5.74, 6) is -0.183. The number of pyridine rings is 2. The maximum absolute atomic E-state index is 11.9. The number of hydrogen-bond donors (Lipinski definition) is 1. The summed E-state index contributed by atoms with van der Waals surface area (Å²) < 4.78 is 0. The smallest absolute Gasteiger partial charge is 0.270 e. The van der Waals surface area contributed by atoms with E-state index in [0.717, 1.165) is 11.1 Å². The van der Waals surface area contributed by atoms with Crippen molar-refractivity contribution < 1.29 is 4.79 Å². The average molecular weight is 295 g/mol. The van der Waals surface area contributed by atoms with Gasteiger partial charge in [-0.05, 0) is 35.2 Å². The van der Waals surface area contributed by atoms with Crippen molar-refractivity contribution in [3.8, 4) is 10.4 Å². The predicted octanol–water partition coefficient (Wildman–Crippen LogP) is 3.14. The average Bonchev–Trinajstić information content (AvgIpc) is 3.08. The van der Waals surface area contributed by atoms with Crippen molar-refractivity contribution in [2.24, 2.45) is 0 Å². The number of nitrogens with zero attached hydrogens (tertiary/aromatic N) is 2. The monoisotopic (exact) mass is 295 g/mol. The normalized spacial score (nSPS) is 10.3. The van der Waals surface area contributed by atoms with Crippen molar-refractivity contribution in [2.75, 3.05) is 0 Å². The number of nitrogens with one attached hydrogen (secondary N) is 1. The third-order valence-corrected chi connectivity index (χ3v) is 3.87. The Hall–Kier alpha value is -2.53. The fourth-order valence-corrected chi connectivity index (χ4v) is 2.64. The van der Waals surface area contributed by atoms with Crippen LogP contribution in [0.15, 0.2) is 60.4 Å². The molecular formula is C16H13N3OS. The van der Waals surface area contributed by atoms with E-state index in [2.05, 4.69) is 21.4 Å². The van der Waals surface area contributed by atoms with Gasteiger partial charge in [-0.25, -0.2) is 0 Å². The van der Waals surface area contributed by atoms with Crippen LogP contribution >= 0.6 is 11.3 Å². The van der Waals surface area contributed by atoms with Gasteiger partial charge in [0.15, 0.2) is 0 Å². The van der Waals surface area contributed by atoms with Crippen LogP contribution in [-0.2, 0) is 6.54 Å². The quantitative estimate of drug-likeness (QED) is 0.804. The molecule has 0 unspecified atom stereocenters. The largest absolute Gasteiger partial charge is 0.347 e. The molecule has 3 heterocycles. The molecule has 0 spiro atoms. The predicted molar refractivity (Wildman–Crippen MR) is 83.0 cm³/mol. The molecule has 0 aliphatic rings. The summed E-state index contributed by atoms with van der Waals surface area (Å²) in [7, 11) is 0. The van der Waals surface area contributed by atoms with E-state index in [1.54, 1.807) is 41.9 Å². The van der Waals surface area contributed by atoms with E-state index in [0.29, 0.717) is 12.2 Å². The van der Waals surface area contributed by atoms with Crippen LogP contribution in [0.2, 0.25) is 0 Å². The van der Waals surface area contributed by atoms with Crippen LogP contribution < -0.4 is 5.32 Å². The molecule has 0 radical (unpaired) electrons. The fourth-order valence-electron chi connectivity index (χ4n) is 1.93. The number of aromatic nitrogens is 2. The molecule has 4 nitrogen and oxygen atoms in total. The first-order chi connectivity index (χ1) is 10.3. The number of rotatable bonds is 4. The van der Waals surface area contributed by atoms with Crippen LogP contribution in [0, 0.1) is 0 Å². The van der Waals surface area contributed by atoms with Crippen molar-refractivity contribution in [3.63, 3.8) is 0 Å². The first-order valence-electron chi connectivity index (χ1n) is 6.50. The number of thiophene rings is 1. The number of carbonyl (C=O) groups excluding carboxylic acids is 1. The van der Waals surface area contributed by atoms with E-state index in [1.807, 2.05) is 23.7 Å². The maximum Gasteiger partial charge on any atom is 0.270 e. The molecule has 104 valence electrons. The minimum Gasteiger partial charge on any atom is -0.347 e. The Labute approximate surface area is 126 Å². The van der Waals surface area contributed by atoms with Crippen molar-refractivity contribution >= 4 is 17.2 Å². The van der Waals surface area contributed by atoms with E-state index in [4.69, 9.17) is 0 Å². The van der Waals surface area contributed by atoms with E-state index in [1.165, 1.54) is 4.88 Å². The van der Waals surface area contributed by atoms with Gasteiger partial charge < -0.3 is 5.32 Å². The zero-order chi connectivity index (χ0) is 14.5. The Bertz CT molecular complexity index is 726. The van der Waals surface area contributed by atoms with Gasteiger partial charge in [0.1, 0.15) is 5.69 Å². The lowest BCUT2D eigenvalue weighted by Gasteiger charge is -2.06. The van der Waals surface area contributed by atoms with Gasteiger partial charge in [0, 0.05) is 35.6 Å². The topological polar surface area (TPSA) is 54.9 Å². The molecule has 1 N–H and O–H groups in total. The highest BCUT2D eigenvalue weighted by molar-refractivity contribution is 7.13. The second-order valence-electron chi connectivity index (χ2n) is 4.46. The Morgan fingerprint density at radius 1 is 1.19 bits per heavy atom. The Morgan fingerprint density at radius 2 is 2.14 bits per heavy atom. The van der Waals surface area contributed by atoms with Gasteiger partial charge in [0.2, 0.25) is 0 Å². The van der Waals surface area contributed by atoms with E-state index in [-0.39, 0.29) is 5.91 Å². The van der Waals surface area contributed by atoms with Gasteiger partial charge in [-0.1, -0.05) is 12.1 Å². The highest BCUT2D eigenvalue weighted by Gasteiger charge is 2.06. The van der Waals surface area contributed by atoms with Crippen LogP contribution in [0.1, 0.15) is 16.1 Å². The summed E-state index contributed by atoms with van der Waals surface area (Å²) in [6, 6.07) is 11.4. The molecule has 21 heavy (non-hydrogen) atoms. The molecule has 0 atom stereocenters. The van der Waals surface area contributed by atoms with Crippen LogP contribution in [0.5, 0.6) is 0 Å². The maximum atomic E-state index is 11.9. The molecule has 0 aliphatic heterocycles. The third kappa shape index (κ3) is 3.32. The van der Waals surface area contributed by atoms with Crippen LogP contribution in [0.4, 0.5) is 0 Å². The molecule has 3 aromatic rings. The lowest BCUT2D eigenvalue weighted by molar-refractivity contribution is 0.0946. The standard InChI is InChI=1S/C16H13N3OS/c20-16(14-4-1-2-6-18-14)19-10-12-8-13(11-17-9-12)15-5-3-7-21-15/h1-9,11H,10H2,(H,19,20). The van der Waals surface area contributed by atoms with Gasteiger partial charge in [-0.2, -0.15) is 0 Å². The van der Waals surface area contributed by atoms with E-state index >= 15 is 0 Å². The molecule has 0 aliphatic carbocycles. The first-order valence-corrected chi connectivity index (χ1v) is 7.38. The van der Waals surface area contributed by atoms with Gasteiger partial charge in [0.05, 0.1) is 0 Å². The molecular weight excluding hydrogens is 282 g/mol. The fraction of sp³-hybridized carbons (Fsp3) is 0.0625. The zero-order valence-corrected chi connectivity index (χ0v) is 12.0. The minimum absolute atomic E-state index is 0.183. The van der Waals surface area contributed by atoms with Crippen molar-refractivity contribution in [1.82, 2.24) is 15.3 Å². The summed E-state index contributed by atoms with van der Waals surface area (Å²) in [6.07, 6.45) is 5.19. The SMILES string of the molecule is O=C(NCc1cncc(-c2cccs2)c1)c1ccccn1. The van der Waals surface area contributed by atoms with Gasteiger partial charge in [-0.3, -0.25) is 14.8 Å². The summed E-state index contributed by atoms with van der Waals surface area (Å²) in [4.78, 5) is 21.4. The minimum atomic E-state index is -0.183. The van der Waals surface area contributed by atoms with Crippen LogP contribution in [-0.4, -0.2) is 15.9 Å². The van der Waals surface area contributed by atoms with Crippen molar-refractivity contribution in [3.05, 3.63) is 71.6 Å². The molecule has 0 saturated heterocycles. The first kappa shape index (κ1) is 13.5. The highest BCUT2D eigenvalue weighted by Crippen LogP contribution is 2.24. The van der Waals surface area contributed by atoms with Gasteiger partial charge in [-0.15, -0.1) is 11.3 Å². The second kappa shape index (κ2) is 6.28. The summed E-state index contributed by atoms with van der Waals surface area (Å²) in [5, 5.41) is 4.88. The molecule has 1 amide bonds. The van der Waals surface area contributed by atoms with Crippen molar-refractivity contribution in [2.45, 2.75) is 6.54 Å². The summed E-state index contributed by atoms with van der Waals surface area (Å²) >= 11 is 1.67. The summed E-state index contributed by atoms with van der Waals surface area (Å²) in [6.45, 7) is 0.432. The summed E-state index contributed by atoms with van der Waals surface area (Å²) in [5.41, 5.74) is 2.44. The molecule has 0 saturated carbocycles. The molecule has 3 rings (SSSR count). The lowest BCUT2D eigenvalue weighted by atomic mass is 10.2. The Balaban J connectivity index is 1.69. The number of carbonyl (C=O) groups is 1.